The van der Waals surface area contributed by atoms with Crippen molar-refractivity contribution in [3.05, 3.63) is 121 Å². The SMILES string of the molecule is CCCCCCCCCCc1c2nc(c(C#Cc3ccc(C)s3)c3ccc([n-]3)c(CCCCCCCCCC)c3nc(c(C#Cc4ccc(N(CCCCCC)CCCCCC)cc4)c4ccc1[n-]4)C=C3)C=C2.[Zn+2]. The van der Waals surface area contributed by atoms with Crippen LogP contribution in [-0.2, 0) is 32.3 Å². The van der Waals surface area contributed by atoms with Crippen LogP contribution in [0.25, 0.3) is 46.4 Å². The fourth-order valence-corrected chi connectivity index (χ4v) is 10.9. The van der Waals surface area contributed by atoms with Gasteiger partial charge in [-0.1, -0.05) is 204 Å². The topological polar surface area (TPSA) is 57.2 Å². The summed E-state index contributed by atoms with van der Waals surface area (Å²) >= 11 is 1.72. The first kappa shape index (κ1) is 58.3. The average Bonchev–Trinajstić information content (AvgIpc) is 4.29. The molecule has 7 heteroatoms. The molecule has 5 aromatic rings. The van der Waals surface area contributed by atoms with Gasteiger partial charge in [0.25, 0.3) is 0 Å². The second-order valence-corrected chi connectivity index (χ2v) is 21.9. The van der Waals surface area contributed by atoms with Crippen molar-refractivity contribution in [3.8, 4) is 23.7 Å². The molecule has 0 unspecified atom stereocenters. The van der Waals surface area contributed by atoms with Crippen molar-refractivity contribution >= 4 is 63.4 Å². The molecule has 1 aromatic carbocycles. The van der Waals surface area contributed by atoms with E-state index in [0.29, 0.717) is 0 Å². The molecule has 0 saturated carbocycles. The number of nitrogens with zero attached hydrogens (tertiary/aromatic N) is 5. The van der Waals surface area contributed by atoms with Gasteiger partial charge in [0.05, 0.1) is 27.7 Å². The summed E-state index contributed by atoms with van der Waals surface area (Å²) in [4.78, 5) is 26.6. The van der Waals surface area contributed by atoms with Gasteiger partial charge in [-0.2, -0.15) is 0 Å². The summed E-state index contributed by atoms with van der Waals surface area (Å²) < 4.78 is 0. The predicted octanol–water partition coefficient (Wildman–Crippen LogP) is 18.4. The number of thiophene rings is 1. The van der Waals surface area contributed by atoms with E-state index in [9.17, 15) is 0 Å². The van der Waals surface area contributed by atoms with Gasteiger partial charge in [0.1, 0.15) is 0 Å². The molecule has 0 N–H and O–H groups in total. The zero-order valence-electron chi connectivity index (χ0n) is 46.2. The van der Waals surface area contributed by atoms with Crippen LogP contribution in [0.4, 0.5) is 5.69 Å². The van der Waals surface area contributed by atoms with Crippen LogP contribution in [0.3, 0.4) is 0 Å². The quantitative estimate of drug-likeness (QED) is 0.0266. The molecular formula is C67H85N5SZn. The summed E-state index contributed by atoms with van der Waals surface area (Å²) in [5.74, 6) is 14.3. The largest absolute Gasteiger partial charge is 2.00 e. The molecule has 0 atom stereocenters. The van der Waals surface area contributed by atoms with Crippen molar-refractivity contribution in [1.29, 1.82) is 0 Å². The first-order chi connectivity index (χ1) is 36.0. The number of aryl methyl sites for hydroxylation is 3. The molecule has 6 heterocycles. The number of anilines is 1. The second kappa shape index (κ2) is 32.5. The normalized spacial score (nSPS) is 11.6. The van der Waals surface area contributed by atoms with Crippen molar-refractivity contribution in [1.82, 2.24) is 19.9 Å². The van der Waals surface area contributed by atoms with Crippen LogP contribution in [0.15, 0.2) is 60.7 Å². The van der Waals surface area contributed by atoms with E-state index in [-0.39, 0.29) is 19.5 Å². The minimum atomic E-state index is 0. The van der Waals surface area contributed by atoms with Gasteiger partial charge in [0, 0.05) is 40.3 Å². The number of aromatic nitrogens is 4. The third-order valence-electron chi connectivity index (χ3n) is 14.6. The van der Waals surface area contributed by atoms with Crippen molar-refractivity contribution in [2.75, 3.05) is 18.0 Å². The van der Waals surface area contributed by atoms with E-state index in [2.05, 4.69) is 148 Å². The Labute approximate surface area is 464 Å². The van der Waals surface area contributed by atoms with E-state index in [1.54, 1.807) is 11.3 Å². The van der Waals surface area contributed by atoms with Crippen molar-refractivity contribution in [2.45, 2.75) is 202 Å². The molecular weight excluding hydrogens is 972 g/mol. The van der Waals surface area contributed by atoms with E-state index in [1.807, 2.05) is 0 Å². The molecule has 2 aliphatic heterocycles. The van der Waals surface area contributed by atoms with Crippen LogP contribution < -0.4 is 14.9 Å². The fourth-order valence-electron chi connectivity index (χ4n) is 10.2. The van der Waals surface area contributed by atoms with Crippen LogP contribution in [0.2, 0.25) is 0 Å². The van der Waals surface area contributed by atoms with Gasteiger partial charge in [-0.3, -0.25) is 0 Å². The molecule has 386 valence electrons. The number of benzene rings is 1. The van der Waals surface area contributed by atoms with Crippen LogP contribution in [0.5, 0.6) is 0 Å². The fraction of sp³-hybridized carbons (Fsp3) is 0.493. The molecule has 8 bridgehead atoms. The van der Waals surface area contributed by atoms with E-state index >= 15 is 0 Å². The molecule has 74 heavy (non-hydrogen) atoms. The van der Waals surface area contributed by atoms with Gasteiger partial charge in [-0.05, 0) is 117 Å². The Kier molecular flexibility index (Phi) is 25.6. The monoisotopic (exact) mass is 1060 g/mol. The minimum absolute atomic E-state index is 0. The molecule has 0 radical (unpaired) electrons. The summed E-state index contributed by atoms with van der Waals surface area (Å²) in [6.45, 7) is 13.5. The Morgan fingerprint density at radius 1 is 0.419 bits per heavy atom. The molecule has 2 aliphatic rings. The van der Waals surface area contributed by atoms with Gasteiger partial charge in [0.2, 0.25) is 0 Å². The summed E-state index contributed by atoms with van der Waals surface area (Å²) in [6.07, 6.45) is 40.8. The van der Waals surface area contributed by atoms with E-state index in [1.165, 1.54) is 163 Å². The maximum absolute atomic E-state index is 5.46. The Bertz CT molecular complexity index is 2820. The number of rotatable bonds is 29. The maximum Gasteiger partial charge on any atom is 2.00 e. The van der Waals surface area contributed by atoms with E-state index in [4.69, 9.17) is 19.9 Å². The van der Waals surface area contributed by atoms with E-state index < -0.39 is 0 Å². The number of hydrogen-bond acceptors (Lipinski definition) is 4. The number of fused-ring (bicyclic) bond motifs is 8. The Morgan fingerprint density at radius 2 is 0.824 bits per heavy atom. The van der Waals surface area contributed by atoms with Gasteiger partial charge < -0.3 is 14.9 Å². The van der Waals surface area contributed by atoms with Gasteiger partial charge in [-0.15, -0.1) is 33.4 Å². The zero-order valence-corrected chi connectivity index (χ0v) is 50.0. The summed E-state index contributed by atoms with van der Waals surface area (Å²) in [5, 5.41) is 0. The third-order valence-corrected chi connectivity index (χ3v) is 15.5. The Hall–Kier alpha value is -4.94. The number of hydrogen-bond donors (Lipinski definition) is 0. The second-order valence-electron chi connectivity index (χ2n) is 20.6. The smallest absolute Gasteiger partial charge is 0.656 e. The first-order valence-electron chi connectivity index (χ1n) is 29.0. The van der Waals surface area contributed by atoms with E-state index in [0.717, 1.165) is 105 Å². The van der Waals surface area contributed by atoms with Crippen LogP contribution >= 0.6 is 11.3 Å². The van der Waals surface area contributed by atoms with Gasteiger partial charge >= 0.3 is 19.5 Å². The molecule has 0 amide bonds. The third kappa shape index (κ3) is 17.8. The van der Waals surface area contributed by atoms with Crippen LogP contribution in [0.1, 0.15) is 242 Å². The number of unbranched alkanes of at least 4 members (excludes halogenated alkanes) is 20. The average molecular weight is 1060 g/mol. The predicted molar refractivity (Wildman–Crippen MR) is 317 cm³/mol. The summed E-state index contributed by atoms with van der Waals surface area (Å²) in [6, 6.07) is 21.9. The van der Waals surface area contributed by atoms with Crippen molar-refractivity contribution in [2.24, 2.45) is 0 Å². The van der Waals surface area contributed by atoms with Crippen LogP contribution in [-0.4, -0.2) is 23.1 Å². The van der Waals surface area contributed by atoms with Crippen molar-refractivity contribution < 1.29 is 19.5 Å². The summed E-state index contributed by atoms with van der Waals surface area (Å²) in [5.41, 5.74) is 13.6. The van der Waals surface area contributed by atoms with Crippen LogP contribution in [0, 0.1) is 30.6 Å². The molecule has 0 spiro atoms. The zero-order chi connectivity index (χ0) is 50.9. The molecule has 0 fully saturated rings. The van der Waals surface area contributed by atoms with Gasteiger partial charge in [-0.25, -0.2) is 9.97 Å². The molecule has 7 rings (SSSR count). The Morgan fingerprint density at radius 3 is 1.27 bits per heavy atom. The Balaban J connectivity index is 0.00000892. The maximum atomic E-state index is 5.46. The molecule has 0 aliphatic carbocycles. The standard InChI is InChI=1S/C67H85N5S.Zn/c1-6-10-14-18-20-22-24-26-30-56-60-42-46-64(68-60)58(40-35-53-33-36-54(37-34-53)72(50-28-16-12-8-3)51-29-17-13-9-4)65-47-43-61(69-65)57(31-27-25-23-21-19-15-11-7-2)63-45-49-67(71-63)59(66-48-44-62(56)70-66)41-39-55-38-32-52(5)73-55;/h32-34,36-38,42-49H,6-31,50-51H2,1-5H3;/q-2;+2. The molecule has 0 saturated heterocycles. The summed E-state index contributed by atoms with van der Waals surface area (Å²) in [7, 11) is 0. The van der Waals surface area contributed by atoms with Crippen molar-refractivity contribution in [3.63, 3.8) is 0 Å². The molecule has 5 nitrogen and oxygen atoms in total. The molecule has 4 aromatic heterocycles. The van der Waals surface area contributed by atoms with Gasteiger partial charge in [0.15, 0.2) is 0 Å². The first-order valence-corrected chi connectivity index (χ1v) is 29.8. The minimum Gasteiger partial charge on any atom is -0.656 e.